The van der Waals surface area contributed by atoms with Crippen LogP contribution in [0.25, 0.3) is 0 Å². The van der Waals surface area contributed by atoms with Crippen molar-refractivity contribution in [2.24, 2.45) is 0 Å². The summed E-state index contributed by atoms with van der Waals surface area (Å²) in [6, 6.07) is 3.79. The van der Waals surface area contributed by atoms with E-state index in [1.165, 1.54) is 19.2 Å². The van der Waals surface area contributed by atoms with Gasteiger partial charge in [0.05, 0.1) is 18.0 Å². The molecule has 80 valence electrons. The van der Waals surface area contributed by atoms with Crippen LogP contribution in [0.2, 0.25) is 0 Å². The smallest absolute Gasteiger partial charge is 0.249 e. The topological polar surface area (TPSA) is 50.4 Å². The van der Waals surface area contributed by atoms with Crippen LogP contribution in [0.1, 0.15) is 0 Å². The number of amides is 1. The lowest BCUT2D eigenvalue weighted by molar-refractivity contribution is -0.118. The quantitative estimate of drug-likeness (QED) is 0.771. The van der Waals surface area contributed by atoms with E-state index in [1.54, 1.807) is 6.07 Å². The number of carbonyl (C=O) groups excluding carboxylic acids is 1. The zero-order valence-corrected chi connectivity index (χ0v) is 8.21. The summed E-state index contributed by atoms with van der Waals surface area (Å²) < 4.78 is 17.8. The standard InChI is InChI=1S/C10H11FN2O2/c1-15-5-9-10(14)13-8-4-6(11)2-3-7(8)12-9/h2-4,9,12H,5H2,1H3,(H,13,14). The molecule has 1 aromatic rings. The van der Waals surface area contributed by atoms with Gasteiger partial charge in [-0.2, -0.15) is 0 Å². The SMILES string of the molecule is COCC1Nc2ccc(F)cc2NC1=O. The molecule has 1 unspecified atom stereocenters. The number of halogens is 1. The van der Waals surface area contributed by atoms with E-state index in [-0.39, 0.29) is 18.3 Å². The van der Waals surface area contributed by atoms with Gasteiger partial charge in [-0.05, 0) is 18.2 Å². The Kier molecular flexibility index (Phi) is 2.55. The Morgan fingerprint density at radius 3 is 3.00 bits per heavy atom. The first-order chi connectivity index (χ1) is 7.20. The number of anilines is 2. The van der Waals surface area contributed by atoms with Crippen LogP contribution >= 0.6 is 0 Å². The van der Waals surface area contributed by atoms with E-state index in [1.807, 2.05) is 0 Å². The molecule has 0 bridgehead atoms. The minimum atomic E-state index is -0.423. The van der Waals surface area contributed by atoms with Crippen molar-refractivity contribution in [3.63, 3.8) is 0 Å². The van der Waals surface area contributed by atoms with Crippen molar-refractivity contribution >= 4 is 17.3 Å². The van der Waals surface area contributed by atoms with Gasteiger partial charge in [0.1, 0.15) is 11.9 Å². The third-order valence-corrected chi connectivity index (χ3v) is 2.22. The van der Waals surface area contributed by atoms with Gasteiger partial charge >= 0.3 is 0 Å². The summed E-state index contributed by atoms with van der Waals surface area (Å²) in [5, 5.41) is 5.59. The molecule has 0 fully saturated rings. The lowest BCUT2D eigenvalue weighted by Crippen LogP contribution is -2.41. The highest BCUT2D eigenvalue weighted by molar-refractivity contribution is 6.02. The molecule has 0 aliphatic carbocycles. The van der Waals surface area contributed by atoms with Crippen LogP contribution in [-0.2, 0) is 9.53 Å². The van der Waals surface area contributed by atoms with Crippen molar-refractivity contribution < 1.29 is 13.9 Å². The van der Waals surface area contributed by atoms with E-state index >= 15 is 0 Å². The molecular formula is C10H11FN2O2. The van der Waals surface area contributed by atoms with Crippen molar-refractivity contribution in [2.75, 3.05) is 24.4 Å². The molecule has 0 radical (unpaired) electrons. The molecule has 5 heteroatoms. The van der Waals surface area contributed by atoms with Crippen molar-refractivity contribution in [1.29, 1.82) is 0 Å². The average molecular weight is 210 g/mol. The maximum Gasteiger partial charge on any atom is 0.249 e. The third-order valence-electron chi connectivity index (χ3n) is 2.22. The highest BCUT2D eigenvalue weighted by Crippen LogP contribution is 2.27. The first-order valence-electron chi connectivity index (χ1n) is 4.56. The molecule has 0 saturated carbocycles. The number of rotatable bonds is 2. The average Bonchev–Trinajstić information content (AvgIpc) is 2.20. The summed E-state index contributed by atoms with van der Waals surface area (Å²) in [7, 11) is 1.52. The van der Waals surface area contributed by atoms with Crippen LogP contribution in [0.4, 0.5) is 15.8 Å². The first-order valence-corrected chi connectivity index (χ1v) is 4.56. The molecule has 0 spiro atoms. The Morgan fingerprint density at radius 2 is 2.27 bits per heavy atom. The number of methoxy groups -OCH3 is 1. The van der Waals surface area contributed by atoms with Gasteiger partial charge in [0.15, 0.2) is 0 Å². The zero-order chi connectivity index (χ0) is 10.8. The number of fused-ring (bicyclic) bond motifs is 1. The fourth-order valence-electron chi connectivity index (χ4n) is 1.50. The Balaban J connectivity index is 2.26. The summed E-state index contributed by atoms with van der Waals surface area (Å²) in [6.07, 6.45) is 0. The van der Waals surface area contributed by atoms with Crippen molar-refractivity contribution in [3.05, 3.63) is 24.0 Å². The summed E-state index contributed by atoms with van der Waals surface area (Å²) in [5.41, 5.74) is 1.17. The number of nitrogens with one attached hydrogen (secondary N) is 2. The molecule has 1 aliphatic rings. The number of carbonyl (C=O) groups is 1. The number of hydrogen-bond acceptors (Lipinski definition) is 3. The Hall–Kier alpha value is -1.62. The minimum absolute atomic E-state index is 0.213. The second kappa shape index (κ2) is 3.86. The summed E-state index contributed by atoms with van der Waals surface area (Å²) in [5.74, 6) is -0.587. The largest absolute Gasteiger partial charge is 0.382 e. The molecule has 1 heterocycles. The van der Waals surface area contributed by atoms with Crippen molar-refractivity contribution in [2.45, 2.75) is 6.04 Å². The van der Waals surface area contributed by atoms with E-state index in [2.05, 4.69) is 10.6 Å². The Bertz CT molecular complexity index is 395. The highest BCUT2D eigenvalue weighted by Gasteiger charge is 2.25. The lowest BCUT2D eigenvalue weighted by atomic mass is 10.1. The van der Waals surface area contributed by atoms with Crippen LogP contribution in [0.3, 0.4) is 0 Å². The maximum atomic E-state index is 12.9. The summed E-state index contributed by atoms with van der Waals surface area (Å²) >= 11 is 0. The van der Waals surface area contributed by atoms with Gasteiger partial charge < -0.3 is 15.4 Å². The van der Waals surface area contributed by atoms with E-state index in [0.717, 1.165) is 0 Å². The molecule has 0 saturated heterocycles. The van der Waals surface area contributed by atoms with E-state index in [9.17, 15) is 9.18 Å². The van der Waals surface area contributed by atoms with Crippen LogP contribution in [0.15, 0.2) is 18.2 Å². The third kappa shape index (κ3) is 1.92. The maximum absolute atomic E-state index is 12.9. The van der Waals surface area contributed by atoms with E-state index < -0.39 is 6.04 Å². The predicted octanol–water partition coefficient (Wildman–Crippen LogP) is 1.20. The van der Waals surface area contributed by atoms with E-state index in [0.29, 0.717) is 11.4 Å². The monoisotopic (exact) mass is 210 g/mol. The Morgan fingerprint density at radius 1 is 1.47 bits per heavy atom. The second-order valence-electron chi connectivity index (χ2n) is 3.33. The first kappa shape index (κ1) is 9.92. The van der Waals surface area contributed by atoms with Gasteiger partial charge in [0, 0.05) is 7.11 Å². The molecule has 2 rings (SSSR count). The molecule has 1 amide bonds. The molecule has 15 heavy (non-hydrogen) atoms. The minimum Gasteiger partial charge on any atom is -0.382 e. The molecule has 1 aromatic carbocycles. The normalized spacial score (nSPS) is 19.1. The molecule has 4 nitrogen and oxygen atoms in total. The molecule has 1 atom stereocenters. The number of ether oxygens (including phenoxy) is 1. The van der Waals surface area contributed by atoms with Gasteiger partial charge in [-0.25, -0.2) is 4.39 Å². The van der Waals surface area contributed by atoms with Gasteiger partial charge in [-0.15, -0.1) is 0 Å². The van der Waals surface area contributed by atoms with Crippen LogP contribution in [-0.4, -0.2) is 25.7 Å². The van der Waals surface area contributed by atoms with Crippen LogP contribution in [0.5, 0.6) is 0 Å². The second-order valence-corrected chi connectivity index (χ2v) is 3.33. The van der Waals surface area contributed by atoms with Crippen molar-refractivity contribution in [3.8, 4) is 0 Å². The summed E-state index contributed by atoms with van der Waals surface area (Å²) in [4.78, 5) is 11.5. The number of benzene rings is 1. The van der Waals surface area contributed by atoms with Crippen LogP contribution < -0.4 is 10.6 Å². The Labute approximate surface area is 86.4 Å². The highest BCUT2D eigenvalue weighted by atomic mass is 19.1. The fraction of sp³-hybridized carbons (Fsp3) is 0.300. The lowest BCUT2D eigenvalue weighted by Gasteiger charge is -2.26. The fourth-order valence-corrected chi connectivity index (χ4v) is 1.50. The number of hydrogen-bond donors (Lipinski definition) is 2. The molecular weight excluding hydrogens is 199 g/mol. The molecule has 0 aromatic heterocycles. The molecule has 1 aliphatic heterocycles. The zero-order valence-electron chi connectivity index (χ0n) is 8.21. The predicted molar refractivity (Wildman–Crippen MR) is 54.3 cm³/mol. The van der Waals surface area contributed by atoms with Crippen LogP contribution in [0, 0.1) is 5.82 Å². The van der Waals surface area contributed by atoms with Gasteiger partial charge in [-0.3, -0.25) is 4.79 Å². The molecule has 2 N–H and O–H groups in total. The van der Waals surface area contributed by atoms with Gasteiger partial charge in [0.25, 0.3) is 0 Å². The summed E-state index contributed by atoms with van der Waals surface area (Å²) in [6.45, 7) is 0.280. The van der Waals surface area contributed by atoms with E-state index in [4.69, 9.17) is 4.74 Å². The van der Waals surface area contributed by atoms with Gasteiger partial charge in [0.2, 0.25) is 5.91 Å². The van der Waals surface area contributed by atoms with Crippen molar-refractivity contribution in [1.82, 2.24) is 0 Å². The van der Waals surface area contributed by atoms with Gasteiger partial charge in [-0.1, -0.05) is 0 Å².